The fraction of sp³-hybridized carbons (Fsp3) is 0.917. The van der Waals surface area contributed by atoms with Gasteiger partial charge in [-0.1, -0.05) is 13.8 Å². The van der Waals surface area contributed by atoms with Crippen LogP contribution in [0.15, 0.2) is 0 Å². The maximum atomic E-state index is 12.2. The lowest BCUT2D eigenvalue weighted by molar-refractivity contribution is -0.136. The van der Waals surface area contributed by atoms with Gasteiger partial charge < -0.3 is 10.2 Å². The second kappa shape index (κ2) is 6.83. The van der Waals surface area contributed by atoms with Gasteiger partial charge in [0.1, 0.15) is 0 Å². The molecule has 0 radical (unpaired) electrons. The van der Waals surface area contributed by atoms with Gasteiger partial charge in [-0.2, -0.15) is 0 Å². The van der Waals surface area contributed by atoms with Crippen LogP contribution in [0.2, 0.25) is 0 Å². The lowest BCUT2D eigenvalue weighted by Crippen LogP contribution is -2.43. The van der Waals surface area contributed by atoms with Crippen LogP contribution in [0, 0.1) is 5.92 Å². The average molecular weight is 212 g/mol. The van der Waals surface area contributed by atoms with Crippen LogP contribution in [0.4, 0.5) is 0 Å². The van der Waals surface area contributed by atoms with Crippen molar-refractivity contribution in [2.75, 3.05) is 26.2 Å². The van der Waals surface area contributed by atoms with Crippen molar-refractivity contribution in [1.29, 1.82) is 0 Å². The molecule has 0 spiro atoms. The molecule has 0 aromatic carbocycles. The summed E-state index contributed by atoms with van der Waals surface area (Å²) in [5.74, 6) is 0.600. The van der Waals surface area contributed by atoms with Gasteiger partial charge in [-0.3, -0.25) is 4.79 Å². The Morgan fingerprint density at radius 3 is 2.47 bits per heavy atom. The van der Waals surface area contributed by atoms with Gasteiger partial charge >= 0.3 is 0 Å². The summed E-state index contributed by atoms with van der Waals surface area (Å²) in [5, 5.41) is 3.31. The second-order valence-electron chi connectivity index (χ2n) is 4.37. The normalized spacial score (nSPS) is 21.3. The van der Waals surface area contributed by atoms with Crippen LogP contribution in [0.1, 0.15) is 39.5 Å². The average Bonchev–Trinajstić information content (AvgIpc) is 2.29. The number of nitrogens with zero attached hydrogens (tertiary/aromatic N) is 1. The fourth-order valence-electron chi connectivity index (χ4n) is 2.19. The monoisotopic (exact) mass is 212 g/mol. The summed E-state index contributed by atoms with van der Waals surface area (Å²) in [6.07, 6.45) is 4.33. The largest absolute Gasteiger partial charge is 0.342 e. The highest BCUT2D eigenvalue weighted by atomic mass is 16.2. The van der Waals surface area contributed by atoms with Crippen LogP contribution in [-0.4, -0.2) is 37.0 Å². The molecule has 1 aliphatic heterocycles. The highest BCUT2D eigenvalue weighted by Crippen LogP contribution is 2.13. The minimum Gasteiger partial charge on any atom is -0.342 e. The maximum Gasteiger partial charge on any atom is 0.226 e. The highest BCUT2D eigenvalue weighted by molar-refractivity contribution is 5.79. The van der Waals surface area contributed by atoms with Crippen molar-refractivity contribution in [2.45, 2.75) is 39.5 Å². The van der Waals surface area contributed by atoms with E-state index in [4.69, 9.17) is 0 Å². The molecule has 1 saturated heterocycles. The minimum atomic E-state index is 0.233. The smallest absolute Gasteiger partial charge is 0.226 e. The number of carbonyl (C=O) groups excluding carboxylic acids is 1. The van der Waals surface area contributed by atoms with E-state index in [1.807, 2.05) is 4.90 Å². The third-order valence-corrected chi connectivity index (χ3v) is 2.94. The zero-order valence-corrected chi connectivity index (χ0v) is 10.1. The molecule has 0 aromatic rings. The van der Waals surface area contributed by atoms with Gasteiger partial charge in [0.05, 0.1) is 5.92 Å². The summed E-state index contributed by atoms with van der Waals surface area (Å²) in [6, 6.07) is 0. The van der Waals surface area contributed by atoms with Gasteiger partial charge in [0.25, 0.3) is 0 Å². The summed E-state index contributed by atoms with van der Waals surface area (Å²) in [7, 11) is 0. The summed E-state index contributed by atoms with van der Waals surface area (Å²) in [6.45, 7) is 8.06. The Labute approximate surface area is 93.2 Å². The predicted octanol–water partition coefficient (Wildman–Crippen LogP) is 1.63. The molecule has 0 aliphatic carbocycles. The molecule has 0 aromatic heterocycles. The molecule has 15 heavy (non-hydrogen) atoms. The first kappa shape index (κ1) is 12.5. The molecule has 3 nitrogen and oxygen atoms in total. The number of carbonyl (C=O) groups is 1. The summed E-state index contributed by atoms with van der Waals surface area (Å²) in [5.41, 5.74) is 0. The highest BCUT2D eigenvalue weighted by Gasteiger charge is 2.24. The van der Waals surface area contributed by atoms with Crippen LogP contribution in [0.5, 0.6) is 0 Å². The van der Waals surface area contributed by atoms with Crippen LogP contribution in [-0.2, 0) is 4.79 Å². The van der Waals surface area contributed by atoms with Gasteiger partial charge in [0.15, 0.2) is 0 Å². The Kier molecular flexibility index (Phi) is 5.69. The van der Waals surface area contributed by atoms with E-state index in [0.29, 0.717) is 5.91 Å². The lowest BCUT2D eigenvalue weighted by Gasteiger charge is -2.29. The van der Waals surface area contributed by atoms with Crippen LogP contribution >= 0.6 is 0 Å². The van der Waals surface area contributed by atoms with E-state index in [1.54, 1.807) is 0 Å². The summed E-state index contributed by atoms with van der Waals surface area (Å²) >= 11 is 0. The van der Waals surface area contributed by atoms with Crippen molar-refractivity contribution < 1.29 is 4.79 Å². The molecule has 0 bridgehead atoms. The molecule has 0 unspecified atom stereocenters. The molecular weight excluding hydrogens is 188 g/mol. The minimum absolute atomic E-state index is 0.233. The molecule has 0 saturated carbocycles. The van der Waals surface area contributed by atoms with Crippen molar-refractivity contribution in [3.8, 4) is 0 Å². The van der Waals surface area contributed by atoms with E-state index in [0.717, 1.165) is 51.9 Å². The van der Waals surface area contributed by atoms with E-state index < -0.39 is 0 Å². The lowest BCUT2D eigenvalue weighted by atomic mass is 9.98. The van der Waals surface area contributed by atoms with Crippen LogP contribution in [0.3, 0.4) is 0 Å². The Morgan fingerprint density at radius 1 is 1.33 bits per heavy atom. The molecule has 1 atom stereocenters. The molecule has 1 heterocycles. The van der Waals surface area contributed by atoms with Gasteiger partial charge in [0.2, 0.25) is 5.91 Å². The van der Waals surface area contributed by atoms with Gasteiger partial charge in [-0.05, 0) is 32.2 Å². The molecule has 1 amide bonds. The third-order valence-electron chi connectivity index (χ3n) is 2.94. The summed E-state index contributed by atoms with van der Waals surface area (Å²) < 4.78 is 0. The van der Waals surface area contributed by atoms with E-state index in [1.165, 1.54) is 0 Å². The maximum absolute atomic E-state index is 12.2. The number of hydrogen-bond acceptors (Lipinski definition) is 2. The first-order valence-corrected chi connectivity index (χ1v) is 6.29. The fourth-order valence-corrected chi connectivity index (χ4v) is 2.19. The molecule has 1 rings (SSSR count). The molecular formula is C12H24N2O. The van der Waals surface area contributed by atoms with Crippen LogP contribution < -0.4 is 5.32 Å². The Balaban J connectivity index is 2.45. The van der Waals surface area contributed by atoms with Gasteiger partial charge in [-0.15, -0.1) is 0 Å². The Morgan fingerprint density at radius 2 is 2.00 bits per heavy atom. The second-order valence-corrected chi connectivity index (χ2v) is 4.37. The molecule has 1 N–H and O–H groups in total. The number of hydrogen-bond donors (Lipinski definition) is 1. The molecule has 3 heteroatoms. The molecule has 1 aliphatic rings. The Hall–Kier alpha value is -0.570. The van der Waals surface area contributed by atoms with Crippen molar-refractivity contribution in [1.82, 2.24) is 10.2 Å². The van der Waals surface area contributed by atoms with Gasteiger partial charge in [0, 0.05) is 19.6 Å². The first-order valence-electron chi connectivity index (χ1n) is 6.29. The van der Waals surface area contributed by atoms with Crippen molar-refractivity contribution >= 4 is 5.91 Å². The number of rotatable bonds is 5. The summed E-state index contributed by atoms with van der Waals surface area (Å²) in [4.78, 5) is 14.2. The Bertz CT molecular complexity index is 182. The van der Waals surface area contributed by atoms with Crippen molar-refractivity contribution in [3.63, 3.8) is 0 Å². The van der Waals surface area contributed by atoms with E-state index >= 15 is 0 Å². The van der Waals surface area contributed by atoms with E-state index in [9.17, 15) is 4.79 Å². The van der Waals surface area contributed by atoms with E-state index in [2.05, 4.69) is 19.2 Å². The number of amides is 1. The van der Waals surface area contributed by atoms with E-state index in [-0.39, 0.29) is 5.92 Å². The number of nitrogens with one attached hydrogen (secondary N) is 1. The topological polar surface area (TPSA) is 32.3 Å². The first-order chi connectivity index (χ1) is 7.29. The van der Waals surface area contributed by atoms with Crippen molar-refractivity contribution in [3.05, 3.63) is 0 Å². The zero-order chi connectivity index (χ0) is 11.1. The predicted molar refractivity (Wildman–Crippen MR) is 62.8 cm³/mol. The number of piperidine rings is 1. The molecule has 1 fully saturated rings. The standard InChI is InChI=1S/C12H24N2O/c1-3-8-14(9-4-2)12(15)11-6-5-7-13-10-11/h11,13H,3-10H2,1-2H3/t11-/m1/s1. The van der Waals surface area contributed by atoms with Crippen molar-refractivity contribution in [2.24, 2.45) is 5.92 Å². The quantitative estimate of drug-likeness (QED) is 0.751. The zero-order valence-electron chi connectivity index (χ0n) is 10.1. The van der Waals surface area contributed by atoms with Crippen LogP contribution in [0.25, 0.3) is 0 Å². The SMILES string of the molecule is CCCN(CCC)C(=O)[C@@H]1CCCNC1. The third kappa shape index (κ3) is 3.82. The van der Waals surface area contributed by atoms with Gasteiger partial charge in [-0.25, -0.2) is 0 Å². The molecule has 88 valence electrons.